The molecule has 20 heavy (non-hydrogen) atoms. The number of benzene rings is 2. The maximum atomic E-state index is 9.16. The van der Waals surface area contributed by atoms with Crippen molar-refractivity contribution in [3.63, 3.8) is 0 Å². The molecule has 0 fully saturated rings. The second-order valence-electron chi connectivity index (χ2n) is 4.79. The van der Waals surface area contributed by atoms with Crippen LogP contribution in [-0.4, -0.2) is 12.2 Å². The molecule has 2 aromatic rings. The molecule has 0 aliphatic rings. The summed E-state index contributed by atoms with van der Waals surface area (Å²) in [4.78, 5) is 2.18. The van der Waals surface area contributed by atoms with Crippen molar-refractivity contribution in [1.29, 1.82) is 0 Å². The summed E-state index contributed by atoms with van der Waals surface area (Å²) in [6, 6.07) is 14.0. The van der Waals surface area contributed by atoms with Crippen molar-refractivity contribution in [2.24, 2.45) is 0 Å². The van der Waals surface area contributed by atoms with Crippen LogP contribution in [0.25, 0.3) is 0 Å². The topological polar surface area (TPSA) is 23.5 Å². The molecular formula is C16H17BrClNO. The smallest absolute Gasteiger partial charge is 0.0682 e. The highest BCUT2D eigenvalue weighted by Crippen LogP contribution is 2.32. The maximum absolute atomic E-state index is 9.16. The number of aliphatic hydroxyl groups excluding tert-OH is 1. The van der Waals surface area contributed by atoms with Crippen molar-refractivity contribution in [3.05, 3.63) is 63.1 Å². The van der Waals surface area contributed by atoms with Crippen LogP contribution in [0.15, 0.2) is 46.9 Å². The van der Waals surface area contributed by atoms with Crippen molar-refractivity contribution in [2.45, 2.75) is 19.6 Å². The van der Waals surface area contributed by atoms with Gasteiger partial charge in [-0.05, 0) is 58.2 Å². The summed E-state index contributed by atoms with van der Waals surface area (Å²) in [5.74, 6) is 0. The number of hydrogen-bond donors (Lipinski definition) is 1. The van der Waals surface area contributed by atoms with Crippen molar-refractivity contribution < 1.29 is 5.11 Å². The fraction of sp³-hybridized carbons (Fsp3) is 0.250. The van der Waals surface area contributed by atoms with E-state index in [1.165, 1.54) is 0 Å². The summed E-state index contributed by atoms with van der Waals surface area (Å²) in [5.41, 5.74) is 3.14. The van der Waals surface area contributed by atoms with E-state index in [2.05, 4.69) is 33.8 Å². The van der Waals surface area contributed by atoms with Crippen LogP contribution in [0, 0.1) is 0 Å². The van der Waals surface area contributed by atoms with Gasteiger partial charge < -0.3 is 10.0 Å². The third kappa shape index (κ3) is 3.35. The SMILES string of the molecule is CC(c1cccc(Cl)c1)N(C)c1ccc(CO)cc1Br. The molecule has 0 saturated carbocycles. The van der Waals surface area contributed by atoms with E-state index in [0.29, 0.717) is 0 Å². The Bertz CT molecular complexity index is 603. The zero-order valence-corrected chi connectivity index (χ0v) is 13.8. The van der Waals surface area contributed by atoms with E-state index in [0.717, 1.165) is 26.3 Å². The summed E-state index contributed by atoms with van der Waals surface area (Å²) in [6.45, 7) is 2.19. The molecule has 0 bridgehead atoms. The standard InChI is InChI=1S/C16H17BrClNO/c1-11(13-4-3-5-14(18)9-13)19(2)16-7-6-12(10-20)8-15(16)17/h3-9,11,20H,10H2,1-2H3. The van der Waals surface area contributed by atoms with Crippen LogP contribution in [-0.2, 0) is 6.61 Å². The van der Waals surface area contributed by atoms with E-state index in [9.17, 15) is 0 Å². The molecule has 2 rings (SSSR count). The lowest BCUT2D eigenvalue weighted by molar-refractivity contribution is 0.282. The average Bonchev–Trinajstić information content (AvgIpc) is 2.45. The number of hydrogen-bond acceptors (Lipinski definition) is 2. The second-order valence-corrected chi connectivity index (χ2v) is 6.08. The van der Waals surface area contributed by atoms with Crippen LogP contribution >= 0.6 is 27.5 Å². The van der Waals surface area contributed by atoms with Crippen LogP contribution in [0.4, 0.5) is 5.69 Å². The minimum Gasteiger partial charge on any atom is -0.392 e. The first-order valence-corrected chi connectivity index (χ1v) is 7.57. The van der Waals surface area contributed by atoms with Crippen LogP contribution < -0.4 is 4.90 Å². The Morgan fingerprint density at radius 1 is 1.25 bits per heavy atom. The Morgan fingerprint density at radius 2 is 2.00 bits per heavy atom. The second kappa shape index (κ2) is 6.61. The molecular weight excluding hydrogens is 338 g/mol. The zero-order chi connectivity index (χ0) is 14.7. The van der Waals surface area contributed by atoms with E-state index in [4.69, 9.17) is 16.7 Å². The third-order valence-electron chi connectivity index (χ3n) is 3.49. The third-order valence-corrected chi connectivity index (χ3v) is 4.36. The van der Waals surface area contributed by atoms with Gasteiger partial charge in [-0.15, -0.1) is 0 Å². The first-order valence-electron chi connectivity index (χ1n) is 6.40. The fourth-order valence-electron chi connectivity index (χ4n) is 2.13. The molecule has 0 heterocycles. The van der Waals surface area contributed by atoms with Gasteiger partial charge in [0.25, 0.3) is 0 Å². The minimum atomic E-state index is 0.0481. The van der Waals surface area contributed by atoms with Gasteiger partial charge in [0.15, 0.2) is 0 Å². The zero-order valence-electron chi connectivity index (χ0n) is 11.5. The molecule has 1 atom stereocenters. The van der Waals surface area contributed by atoms with Crippen LogP contribution in [0.3, 0.4) is 0 Å². The molecule has 2 nitrogen and oxygen atoms in total. The lowest BCUT2D eigenvalue weighted by atomic mass is 10.1. The van der Waals surface area contributed by atoms with Gasteiger partial charge in [-0.1, -0.05) is 29.8 Å². The van der Waals surface area contributed by atoms with Gasteiger partial charge in [0.2, 0.25) is 0 Å². The molecule has 0 saturated heterocycles. The first-order chi connectivity index (χ1) is 9.52. The highest BCUT2D eigenvalue weighted by Gasteiger charge is 2.15. The Morgan fingerprint density at radius 3 is 2.60 bits per heavy atom. The maximum Gasteiger partial charge on any atom is 0.0682 e. The Hall–Kier alpha value is -1.03. The number of nitrogens with zero attached hydrogens (tertiary/aromatic N) is 1. The first kappa shape index (κ1) is 15.4. The summed E-state index contributed by atoms with van der Waals surface area (Å²) in [7, 11) is 2.05. The largest absolute Gasteiger partial charge is 0.392 e. The van der Waals surface area contributed by atoms with E-state index >= 15 is 0 Å². The summed E-state index contributed by atoms with van der Waals surface area (Å²) >= 11 is 9.62. The average molecular weight is 355 g/mol. The van der Waals surface area contributed by atoms with Gasteiger partial charge in [-0.3, -0.25) is 0 Å². The predicted molar refractivity (Wildman–Crippen MR) is 88.3 cm³/mol. The minimum absolute atomic E-state index is 0.0481. The summed E-state index contributed by atoms with van der Waals surface area (Å²) < 4.78 is 0.973. The molecule has 2 aromatic carbocycles. The summed E-state index contributed by atoms with van der Waals surface area (Å²) in [5, 5.41) is 9.91. The number of anilines is 1. The number of rotatable bonds is 4. The molecule has 0 aliphatic heterocycles. The highest BCUT2D eigenvalue weighted by atomic mass is 79.9. The Labute approximate surface area is 133 Å². The van der Waals surface area contributed by atoms with Crippen molar-refractivity contribution in [3.8, 4) is 0 Å². The van der Waals surface area contributed by atoms with Gasteiger partial charge in [-0.25, -0.2) is 0 Å². The van der Waals surface area contributed by atoms with Gasteiger partial charge >= 0.3 is 0 Å². The lowest BCUT2D eigenvalue weighted by Gasteiger charge is -2.28. The van der Waals surface area contributed by atoms with E-state index < -0.39 is 0 Å². The monoisotopic (exact) mass is 353 g/mol. The van der Waals surface area contributed by atoms with E-state index in [-0.39, 0.29) is 12.6 Å². The summed E-state index contributed by atoms with van der Waals surface area (Å²) in [6.07, 6.45) is 0. The van der Waals surface area contributed by atoms with Crippen LogP contribution in [0.2, 0.25) is 5.02 Å². The molecule has 4 heteroatoms. The van der Waals surface area contributed by atoms with Gasteiger partial charge in [0, 0.05) is 16.5 Å². The van der Waals surface area contributed by atoms with Gasteiger partial charge in [0.1, 0.15) is 0 Å². The fourth-order valence-corrected chi connectivity index (χ4v) is 3.04. The number of halogens is 2. The van der Waals surface area contributed by atoms with Crippen molar-refractivity contribution in [1.82, 2.24) is 0 Å². The molecule has 0 aromatic heterocycles. The molecule has 0 amide bonds. The Kier molecular flexibility index (Phi) is 5.08. The van der Waals surface area contributed by atoms with E-state index in [1.807, 2.05) is 43.4 Å². The highest BCUT2D eigenvalue weighted by molar-refractivity contribution is 9.10. The Balaban J connectivity index is 2.28. The molecule has 1 N–H and O–H groups in total. The molecule has 1 unspecified atom stereocenters. The lowest BCUT2D eigenvalue weighted by Crippen LogP contribution is -2.22. The van der Waals surface area contributed by atoms with Gasteiger partial charge in [-0.2, -0.15) is 0 Å². The number of aliphatic hydroxyl groups is 1. The molecule has 0 spiro atoms. The molecule has 0 radical (unpaired) electrons. The predicted octanol–water partition coefficient (Wildman–Crippen LogP) is 4.79. The van der Waals surface area contributed by atoms with Crippen LogP contribution in [0.1, 0.15) is 24.1 Å². The molecule has 0 aliphatic carbocycles. The quantitative estimate of drug-likeness (QED) is 0.853. The normalized spacial score (nSPS) is 12.2. The van der Waals surface area contributed by atoms with Crippen molar-refractivity contribution >= 4 is 33.2 Å². The van der Waals surface area contributed by atoms with Crippen LogP contribution in [0.5, 0.6) is 0 Å². The van der Waals surface area contributed by atoms with E-state index in [1.54, 1.807) is 0 Å². The van der Waals surface area contributed by atoms with Gasteiger partial charge in [0.05, 0.1) is 18.3 Å². The van der Waals surface area contributed by atoms with Crippen molar-refractivity contribution in [2.75, 3.05) is 11.9 Å². The molecule has 106 valence electrons.